The van der Waals surface area contributed by atoms with E-state index in [0.29, 0.717) is 17.8 Å². The van der Waals surface area contributed by atoms with Crippen LogP contribution in [0.2, 0.25) is 0 Å². The Morgan fingerprint density at radius 2 is 2.39 bits per heavy atom. The Bertz CT molecular complexity index is 504. The fourth-order valence-electron chi connectivity index (χ4n) is 1.99. The van der Waals surface area contributed by atoms with Gasteiger partial charge >= 0.3 is 0 Å². The largest absolute Gasteiger partial charge is 0.360 e. The van der Waals surface area contributed by atoms with E-state index in [4.69, 9.17) is 11.0 Å². The summed E-state index contributed by atoms with van der Waals surface area (Å²) in [6.07, 6.45) is 0.826. The number of carbonyl (C=O) groups excluding carboxylic acids is 1. The van der Waals surface area contributed by atoms with E-state index in [2.05, 4.69) is 11.4 Å². The molecule has 1 unspecified atom stereocenters. The Hall–Kier alpha value is -2.06. The van der Waals surface area contributed by atoms with Crippen LogP contribution in [0.4, 0.5) is 11.4 Å². The molecular formula is C13H16N4O. The van der Waals surface area contributed by atoms with Gasteiger partial charge in [0.25, 0.3) is 0 Å². The van der Waals surface area contributed by atoms with E-state index in [-0.39, 0.29) is 11.9 Å². The molecule has 0 saturated carbocycles. The van der Waals surface area contributed by atoms with Crippen molar-refractivity contribution in [1.82, 2.24) is 0 Å². The Labute approximate surface area is 106 Å². The summed E-state index contributed by atoms with van der Waals surface area (Å²) in [6.45, 7) is 3.03. The second kappa shape index (κ2) is 5.07. The molecule has 1 atom stereocenters. The summed E-state index contributed by atoms with van der Waals surface area (Å²) < 4.78 is 0. The number of hydrogen-bond donors (Lipinski definition) is 2. The second-order valence-electron chi connectivity index (χ2n) is 4.58. The third kappa shape index (κ3) is 2.60. The number of amides is 1. The molecule has 0 spiro atoms. The molecule has 0 bridgehead atoms. The number of nitrogens with zero attached hydrogens (tertiary/aromatic N) is 2. The smallest absolute Gasteiger partial charge is 0.243 e. The molecule has 0 radical (unpaired) electrons. The van der Waals surface area contributed by atoms with Crippen molar-refractivity contribution < 1.29 is 4.79 Å². The summed E-state index contributed by atoms with van der Waals surface area (Å²) in [5.74, 6) is -0.0535. The maximum atomic E-state index is 11.6. The van der Waals surface area contributed by atoms with E-state index < -0.39 is 0 Å². The highest BCUT2D eigenvalue weighted by Crippen LogP contribution is 2.30. The molecule has 1 amide bonds. The predicted octanol–water partition coefficient (Wildman–Crippen LogP) is 1.05. The van der Waals surface area contributed by atoms with Gasteiger partial charge in [0.05, 0.1) is 29.6 Å². The highest BCUT2D eigenvalue weighted by molar-refractivity contribution is 6.01. The number of hydrogen-bond acceptors (Lipinski definition) is 4. The highest BCUT2D eigenvalue weighted by atomic mass is 16.2. The van der Waals surface area contributed by atoms with Crippen LogP contribution in [0.1, 0.15) is 18.9 Å². The van der Waals surface area contributed by atoms with Gasteiger partial charge in [0.2, 0.25) is 5.91 Å². The Morgan fingerprint density at radius 1 is 1.61 bits per heavy atom. The first-order valence-electron chi connectivity index (χ1n) is 5.94. The van der Waals surface area contributed by atoms with Gasteiger partial charge in [0.1, 0.15) is 0 Å². The first kappa shape index (κ1) is 12.4. The van der Waals surface area contributed by atoms with Gasteiger partial charge in [0, 0.05) is 12.6 Å². The van der Waals surface area contributed by atoms with Crippen molar-refractivity contribution in [2.45, 2.75) is 19.4 Å². The Balaban J connectivity index is 2.26. The van der Waals surface area contributed by atoms with Gasteiger partial charge in [-0.05, 0) is 31.5 Å². The lowest BCUT2D eigenvalue weighted by Gasteiger charge is -2.31. The molecule has 3 N–H and O–H groups in total. The average Bonchev–Trinajstić information content (AvgIpc) is 2.34. The minimum atomic E-state index is -0.0535. The summed E-state index contributed by atoms with van der Waals surface area (Å²) in [5.41, 5.74) is 7.94. The zero-order chi connectivity index (χ0) is 13.1. The predicted molar refractivity (Wildman–Crippen MR) is 70.3 cm³/mol. The standard InChI is InChI=1S/C13H16N4O/c1-9(15)4-5-17-8-13(18)16-11-6-10(7-14)2-3-12(11)17/h2-3,6,9H,4-5,8,15H2,1H3,(H,16,18). The summed E-state index contributed by atoms with van der Waals surface area (Å²) in [5, 5.41) is 11.6. The van der Waals surface area contributed by atoms with Gasteiger partial charge in [-0.15, -0.1) is 0 Å². The van der Waals surface area contributed by atoms with E-state index in [1.165, 1.54) is 0 Å². The Morgan fingerprint density at radius 3 is 3.06 bits per heavy atom. The topological polar surface area (TPSA) is 82.2 Å². The molecule has 0 aromatic heterocycles. The molecule has 1 aromatic carbocycles. The maximum absolute atomic E-state index is 11.6. The average molecular weight is 244 g/mol. The van der Waals surface area contributed by atoms with E-state index in [1.54, 1.807) is 12.1 Å². The number of nitrogens with one attached hydrogen (secondary N) is 1. The molecular weight excluding hydrogens is 228 g/mol. The molecule has 18 heavy (non-hydrogen) atoms. The first-order valence-corrected chi connectivity index (χ1v) is 5.94. The van der Waals surface area contributed by atoms with Gasteiger partial charge in [-0.25, -0.2) is 0 Å². The molecule has 94 valence electrons. The van der Waals surface area contributed by atoms with Crippen molar-refractivity contribution in [3.8, 4) is 6.07 Å². The quantitative estimate of drug-likeness (QED) is 0.832. The number of nitrogens with two attached hydrogens (primary N) is 1. The molecule has 0 aliphatic carbocycles. The van der Waals surface area contributed by atoms with Crippen LogP contribution in [0.25, 0.3) is 0 Å². The third-order valence-corrected chi connectivity index (χ3v) is 2.93. The zero-order valence-electron chi connectivity index (χ0n) is 10.3. The van der Waals surface area contributed by atoms with E-state index >= 15 is 0 Å². The van der Waals surface area contributed by atoms with Crippen molar-refractivity contribution in [3.63, 3.8) is 0 Å². The monoisotopic (exact) mass is 244 g/mol. The van der Waals surface area contributed by atoms with Crippen molar-refractivity contribution in [2.24, 2.45) is 5.73 Å². The van der Waals surface area contributed by atoms with Crippen LogP contribution in [0, 0.1) is 11.3 Å². The SMILES string of the molecule is CC(N)CCN1CC(=O)Nc2cc(C#N)ccc21. The van der Waals surface area contributed by atoms with Crippen LogP contribution < -0.4 is 16.0 Å². The van der Waals surface area contributed by atoms with Crippen molar-refractivity contribution in [3.05, 3.63) is 23.8 Å². The molecule has 1 aromatic rings. The van der Waals surface area contributed by atoms with Gasteiger partial charge in [0.15, 0.2) is 0 Å². The van der Waals surface area contributed by atoms with E-state index in [9.17, 15) is 4.79 Å². The summed E-state index contributed by atoms with van der Waals surface area (Å²) in [7, 11) is 0. The summed E-state index contributed by atoms with van der Waals surface area (Å²) >= 11 is 0. The lowest BCUT2D eigenvalue weighted by molar-refractivity contribution is -0.115. The van der Waals surface area contributed by atoms with Crippen LogP contribution in [0.5, 0.6) is 0 Å². The lowest BCUT2D eigenvalue weighted by atomic mass is 10.1. The van der Waals surface area contributed by atoms with Crippen LogP contribution in [0.3, 0.4) is 0 Å². The number of rotatable bonds is 3. The highest BCUT2D eigenvalue weighted by Gasteiger charge is 2.21. The Kier molecular flexibility index (Phi) is 3.49. The molecule has 5 nitrogen and oxygen atoms in total. The van der Waals surface area contributed by atoms with E-state index in [1.807, 2.05) is 17.9 Å². The zero-order valence-corrected chi connectivity index (χ0v) is 10.3. The minimum Gasteiger partial charge on any atom is -0.360 e. The molecule has 5 heteroatoms. The van der Waals surface area contributed by atoms with E-state index in [0.717, 1.165) is 18.7 Å². The number of fused-ring (bicyclic) bond motifs is 1. The van der Waals surface area contributed by atoms with Crippen molar-refractivity contribution >= 4 is 17.3 Å². The van der Waals surface area contributed by atoms with Gasteiger partial charge in [-0.1, -0.05) is 0 Å². The number of nitriles is 1. The second-order valence-corrected chi connectivity index (χ2v) is 4.58. The molecule has 2 rings (SSSR count). The number of benzene rings is 1. The fourth-order valence-corrected chi connectivity index (χ4v) is 1.99. The first-order chi connectivity index (χ1) is 8.60. The van der Waals surface area contributed by atoms with Crippen LogP contribution in [-0.4, -0.2) is 25.0 Å². The molecule has 1 aliphatic rings. The minimum absolute atomic E-state index is 0.0535. The molecule has 0 saturated heterocycles. The van der Waals surface area contributed by atoms with Gasteiger partial charge < -0.3 is 16.0 Å². The molecule has 1 heterocycles. The summed E-state index contributed by atoms with van der Waals surface area (Å²) in [6, 6.07) is 7.50. The molecule has 0 fully saturated rings. The number of anilines is 2. The van der Waals surface area contributed by atoms with Crippen LogP contribution in [0.15, 0.2) is 18.2 Å². The lowest BCUT2D eigenvalue weighted by Crippen LogP contribution is -2.40. The molecule has 1 aliphatic heterocycles. The van der Waals surface area contributed by atoms with Crippen LogP contribution >= 0.6 is 0 Å². The summed E-state index contributed by atoms with van der Waals surface area (Å²) in [4.78, 5) is 13.6. The third-order valence-electron chi connectivity index (χ3n) is 2.93. The maximum Gasteiger partial charge on any atom is 0.243 e. The van der Waals surface area contributed by atoms with Crippen molar-refractivity contribution in [2.75, 3.05) is 23.3 Å². The fraction of sp³-hybridized carbons (Fsp3) is 0.385. The van der Waals surface area contributed by atoms with Gasteiger partial charge in [-0.2, -0.15) is 5.26 Å². The normalized spacial score (nSPS) is 15.6. The van der Waals surface area contributed by atoms with Crippen LogP contribution in [-0.2, 0) is 4.79 Å². The number of carbonyl (C=O) groups is 1. The van der Waals surface area contributed by atoms with Crippen molar-refractivity contribution in [1.29, 1.82) is 5.26 Å². The van der Waals surface area contributed by atoms with Gasteiger partial charge in [-0.3, -0.25) is 4.79 Å².